The molecule has 0 aromatic carbocycles. The normalized spacial score (nSPS) is 29.3. The van der Waals surface area contributed by atoms with Gasteiger partial charge in [-0.05, 0) is 44.0 Å². The van der Waals surface area contributed by atoms with Gasteiger partial charge in [0.2, 0.25) is 0 Å². The van der Waals surface area contributed by atoms with Gasteiger partial charge in [-0.3, -0.25) is 4.79 Å². The smallest absolute Gasteiger partial charge is 0.270 e. The predicted octanol–water partition coefficient (Wildman–Crippen LogP) is 1.70. The molecule has 102 valence electrons. The van der Waals surface area contributed by atoms with Crippen LogP contribution in [0.1, 0.15) is 23.3 Å². The molecule has 0 aliphatic carbocycles. The Labute approximate surface area is 115 Å². The molecular weight excluding hydrogens is 269 g/mol. The highest BCUT2D eigenvalue weighted by Gasteiger charge is 2.35. The summed E-state index contributed by atoms with van der Waals surface area (Å²) in [5, 5.41) is 2.73. The van der Waals surface area contributed by atoms with Crippen LogP contribution in [0.15, 0.2) is 12.1 Å². The molecule has 0 spiro atoms. The predicted molar refractivity (Wildman–Crippen MR) is 69.6 cm³/mol. The Morgan fingerprint density at radius 2 is 2.16 bits per heavy atom. The summed E-state index contributed by atoms with van der Waals surface area (Å²) in [6.07, 6.45) is 2.26. The lowest BCUT2D eigenvalue weighted by atomic mass is 9.84. The molecule has 19 heavy (non-hydrogen) atoms. The largest absolute Gasteiger partial charge is 0.346 e. The number of nitrogens with zero attached hydrogens (tertiary/aromatic N) is 2. The van der Waals surface area contributed by atoms with Gasteiger partial charge in [0, 0.05) is 12.6 Å². The molecule has 1 aromatic rings. The molecule has 0 radical (unpaired) electrons. The Hall–Kier alpha value is -1.20. The van der Waals surface area contributed by atoms with Gasteiger partial charge in [-0.1, -0.05) is 11.6 Å². The summed E-state index contributed by atoms with van der Waals surface area (Å²) < 4.78 is 13.0. The number of fused-ring (bicyclic) bond motifs is 3. The standard InChI is InChI=1S/C13H15ClFN3O/c14-12-9(15)1-2-10(16-12)13(19)17-11-7-18-5-3-8(11)4-6-18/h1-2,8,11H,3-7H2,(H,17,19)/t11-/m0/s1. The van der Waals surface area contributed by atoms with E-state index in [9.17, 15) is 9.18 Å². The van der Waals surface area contributed by atoms with Crippen LogP contribution in [0, 0.1) is 11.7 Å². The van der Waals surface area contributed by atoms with Gasteiger partial charge in [-0.15, -0.1) is 0 Å². The van der Waals surface area contributed by atoms with E-state index in [1.807, 2.05) is 0 Å². The number of piperidine rings is 3. The van der Waals surface area contributed by atoms with E-state index in [-0.39, 0.29) is 22.8 Å². The molecule has 2 bridgehead atoms. The van der Waals surface area contributed by atoms with Crippen LogP contribution in [-0.2, 0) is 0 Å². The van der Waals surface area contributed by atoms with Crippen LogP contribution in [-0.4, -0.2) is 41.5 Å². The maximum absolute atomic E-state index is 13.0. The van der Waals surface area contributed by atoms with E-state index in [0.29, 0.717) is 5.92 Å². The maximum Gasteiger partial charge on any atom is 0.270 e. The lowest BCUT2D eigenvalue weighted by molar-refractivity contribution is 0.0617. The second-order valence-electron chi connectivity index (χ2n) is 5.19. The van der Waals surface area contributed by atoms with Gasteiger partial charge < -0.3 is 10.2 Å². The topological polar surface area (TPSA) is 45.2 Å². The van der Waals surface area contributed by atoms with E-state index in [0.717, 1.165) is 32.5 Å². The third-order valence-electron chi connectivity index (χ3n) is 4.01. The molecule has 4 heterocycles. The first-order chi connectivity index (χ1) is 9.13. The molecule has 6 heteroatoms. The van der Waals surface area contributed by atoms with Crippen LogP contribution in [0.25, 0.3) is 0 Å². The fraction of sp³-hybridized carbons (Fsp3) is 0.538. The second-order valence-corrected chi connectivity index (χ2v) is 5.55. The van der Waals surface area contributed by atoms with E-state index < -0.39 is 5.82 Å². The molecule has 4 nitrogen and oxygen atoms in total. The van der Waals surface area contributed by atoms with Gasteiger partial charge in [0.1, 0.15) is 5.69 Å². The summed E-state index contributed by atoms with van der Waals surface area (Å²) in [7, 11) is 0. The molecule has 1 atom stereocenters. The first kappa shape index (κ1) is 12.8. The molecule has 1 amide bonds. The van der Waals surface area contributed by atoms with Crippen LogP contribution in [0.5, 0.6) is 0 Å². The Morgan fingerprint density at radius 1 is 1.42 bits per heavy atom. The Bertz CT molecular complexity index is 503. The van der Waals surface area contributed by atoms with Crippen LogP contribution in [0.3, 0.4) is 0 Å². The van der Waals surface area contributed by atoms with Crippen LogP contribution in [0.4, 0.5) is 4.39 Å². The highest BCUT2D eigenvalue weighted by atomic mass is 35.5. The third-order valence-corrected chi connectivity index (χ3v) is 4.27. The first-order valence-corrected chi connectivity index (χ1v) is 6.86. The average molecular weight is 284 g/mol. The fourth-order valence-corrected chi connectivity index (χ4v) is 3.07. The van der Waals surface area contributed by atoms with Gasteiger partial charge in [0.15, 0.2) is 11.0 Å². The van der Waals surface area contributed by atoms with Crippen molar-refractivity contribution in [3.63, 3.8) is 0 Å². The lowest BCUT2D eigenvalue weighted by Gasteiger charge is -2.44. The van der Waals surface area contributed by atoms with Crippen LogP contribution in [0.2, 0.25) is 5.15 Å². The molecule has 3 aliphatic rings. The molecular formula is C13H15ClFN3O. The molecule has 1 N–H and O–H groups in total. The number of aromatic nitrogens is 1. The molecule has 0 saturated carbocycles. The van der Waals surface area contributed by atoms with Gasteiger partial charge in [0.25, 0.3) is 5.91 Å². The van der Waals surface area contributed by atoms with Crippen LogP contribution < -0.4 is 5.32 Å². The highest BCUT2D eigenvalue weighted by molar-refractivity contribution is 6.29. The van der Waals surface area contributed by atoms with Crippen molar-refractivity contribution < 1.29 is 9.18 Å². The zero-order valence-electron chi connectivity index (χ0n) is 10.4. The number of amides is 1. The molecule has 3 saturated heterocycles. The Kier molecular flexibility index (Phi) is 3.41. The van der Waals surface area contributed by atoms with E-state index in [1.54, 1.807) is 0 Å². The van der Waals surface area contributed by atoms with Crippen molar-refractivity contribution in [1.82, 2.24) is 15.2 Å². The van der Waals surface area contributed by atoms with Gasteiger partial charge in [0.05, 0.1) is 0 Å². The number of carbonyl (C=O) groups excluding carboxylic acids is 1. The third kappa shape index (κ3) is 2.58. The highest BCUT2D eigenvalue weighted by Crippen LogP contribution is 2.27. The second kappa shape index (κ2) is 5.06. The van der Waals surface area contributed by atoms with E-state index >= 15 is 0 Å². The SMILES string of the molecule is O=C(N[C@H]1CN2CCC1CC2)c1ccc(F)c(Cl)n1. The zero-order chi connectivity index (χ0) is 13.4. The Morgan fingerprint density at radius 3 is 2.74 bits per heavy atom. The molecule has 1 aromatic heterocycles. The first-order valence-electron chi connectivity index (χ1n) is 6.49. The minimum atomic E-state index is -0.610. The van der Waals surface area contributed by atoms with Crippen molar-refractivity contribution in [2.24, 2.45) is 5.92 Å². The minimum Gasteiger partial charge on any atom is -0.346 e. The maximum atomic E-state index is 13.0. The molecule has 3 aliphatic heterocycles. The van der Waals surface area contributed by atoms with Gasteiger partial charge >= 0.3 is 0 Å². The number of carbonyl (C=O) groups is 1. The Balaban J connectivity index is 1.69. The van der Waals surface area contributed by atoms with Crippen molar-refractivity contribution in [1.29, 1.82) is 0 Å². The quantitative estimate of drug-likeness (QED) is 0.840. The average Bonchev–Trinajstić information content (AvgIpc) is 2.43. The summed E-state index contributed by atoms with van der Waals surface area (Å²) in [6, 6.07) is 2.69. The van der Waals surface area contributed by atoms with Crippen molar-refractivity contribution in [2.45, 2.75) is 18.9 Å². The molecule has 0 unspecified atom stereocenters. The number of rotatable bonds is 2. The van der Waals surface area contributed by atoms with Crippen molar-refractivity contribution in [3.05, 3.63) is 28.8 Å². The van der Waals surface area contributed by atoms with E-state index in [1.165, 1.54) is 12.1 Å². The fourth-order valence-electron chi connectivity index (χ4n) is 2.91. The number of halogens is 2. The number of hydrogen-bond donors (Lipinski definition) is 1. The van der Waals surface area contributed by atoms with Crippen molar-refractivity contribution >= 4 is 17.5 Å². The van der Waals surface area contributed by atoms with Gasteiger partial charge in [-0.2, -0.15) is 0 Å². The van der Waals surface area contributed by atoms with Crippen molar-refractivity contribution in [2.75, 3.05) is 19.6 Å². The van der Waals surface area contributed by atoms with E-state index in [2.05, 4.69) is 15.2 Å². The van der Waals surface area contributed by atoms with Gasteiger partial charge in [-0.25, -0.2) is 9.37 Å². The number of pyridine rings is 1. The molecule has 3 fully saturated rings. The minimum absolute atomic E-state index is 0.167. The number of hydrogen-bond acceptors (Lipinski definition) is 3. The summed E-state index contributed by atoms with van der Waals surface area (Å²) >= 11 is 5.59. The van der Waals surface area contributed by atoms with Crippen molar-refractivity contribution in [3.8, 4) is 0 Å². The van der Waals surface area contributed by atoms with Crippen LogP contribution >= 0.6 is 11.6 Å². The zero-order valence-corrected chi connectivity index (χ0v) is 11.2. The van der Waals surface area contributed by atoms with E-state index in [4.69, 9.17) is 11.6 Å². The summed E-state index contributed by atoms with van der Waals surface area (Å²) in [5.74, 6) is -0.341. The monoisotopic (exact) mass is 283 g/mol. The summed E-state index contributed by atoms with van der Waals surface area (Å²) in [5.41, 5.74) is 0.169. The molecule has 4 rings (SSSR count). The summed E-state index contributed by atoms with van der Waals surface area (Å²) in [6.45, 7) is 3.14. The lowest BCUT2D eigenvalue weighted by Crippen LogP contribution is -2.57. The number of nitrogens with one attached hydrogen (secondary N) is 1. The summed E-state index contributed by atoms with van der Waals surface area (Å²) in [4.78, 5) is 18.2.